The van der Waals surface area contributed by atoms with E-state index in [1.54, 1.807) is 12.1 Å². The van der Waals surface area contributed by atoms with Crippen LogP contribution in [0.1, 0.15) is 0 Å². The Bertz CT molecular complexity index is 934. The summed E-state index contributed by atoms with van der Waals surface area (Å²) in [5.41, 5.74) is 2.77. The topological polar surface area (TPSA) is 44.3 Å². The van der Waals surface area contributed by atoms with Gasteiger partial charge in [-0.25, -0.2) is 0 Å². The molecule has 4 rings (SSSR count). The number of nitrogens with zero attached hydrogens (tertiary/aromatic N) is 1. The largest absolute Gasteiger partial charge is 0.507 e. The van der Waals surface area contributed by atoms with Crippen molar-refractivity contribution >= 4 is 21.8 Å². The second-order valence-corrected chi connectivity index (χ2v) is 5.24. The number of pyridine rings is 1. The van der Waals surface area contributed by atoms with Crippen molar-refractivity contribution < 1.29 is 14.8 Å². The molecule has 1 heterocycles. The van der Waals surface area contributed by atoms with Gasteiger partial charge in [0.05, 0.1) is 10.8 Å². The van der Waals surface area contributed by atoms with Crippen molar-refractivity contribution in [2.75, 3.05) is 0 Å². The van der Waals surface area contributed by atoms with Crippen LogP contribution in [-0.2, 0) is 0 Å². The lowest BCUT2D eigenvalue weighted by molar-refractivity contribution is -0.538. The molecule has 4 aromatic rings. The normalized spacial score (nSPS) is 11.1. The van der Waals surface area contributed by atoms with Gasteiger partial charge in [-0.05, 0) is 18.2 Å². The van der Waals surface area contributed by atoms with Gasteiger partial charge >= 0.3 is 0 Å². The Kier molecular flexibility index (Phi) is 2.73. The molecule has 3 nitrogen and oxygen atoms in total. The number of phenolic OH excluding ortho intramolecular Hbond substituents is 2. The summed E-state index contributed by atoms with van der Waals surface area (Å²) in [5, 5.41) is 21.8. The summed E-state index contributed by atoms with van der Waals surface area (Å²) in [6.07, 6.45) is 0. The molecule has 0 saturated carbocycles. The van der Waals surface area contributed by atoms with E-state index in [0.29, 0.717) is 10.8 Å². The van der Waals surface area contributed by atoms with Crippen molar-refractivity contribution in [2.45, 2.75) is 0 Å². The Hall–Kier alpha value is -3.07. The average Bonchev–Trinajstić information content (AvgIpc) is 2.55. The molecule has 22 heavy (non-hydrogen) atoms. The van der Waals surface area contributed by atoms with E-state index in [1.807, 2.05) is 65.2 Å². The fraction of sp³-hybridized carbons (Fsp3) is 0. The zero-order chi connectivity index (χ0) is 15.1. The molecule has 106 valence electrons. The van der Waals surface area contributed by atoms with Crippen molar-refractivity contribution in [1.82, 2.24) is 0 Å². The highest BCUT2D eigenvalue weighted by atomic mass is 16.3. The lowest BCUT2D eigenvalue weighted by Gasteiger charge is -2.07. The van der Waals surface area contributed by atoms with E-state index >= 15 is 0 Å². The fourth-order valence-electron chi connectivity index (χ4n) is 2.90. The van der Waals surface area contributed by atoms with Crippen molar-refractivity contribution in [3.63, 3.8) is 0 Å². The monoisotopic (exact) mass is 288 g/mol. The number of fused-ring (bicyclic) bond motifs is 2. The standard InChI is InChI=1S/C19H13NO2/c21-18-10-4-8-16-14(18)12-15-17(9-5-11-19(15)22)20(16)13-6-2-1-3-7-13/h1-12H,(H,21,22)/p+1. The highest BCUT2D eigenvalue weighted by molar-refractivity contribution is 5.95. The maximum Gasteiger partial charge on any atom is 0.222 e. The predicted molar refractivity (Wildman–Crippen MR) is 86.3 cm³/mol. The van der Waals surface area contributed by atoms with Crippen LogP contribution in [0, 0.1) is 0 Å². The number of para-hydroxylation sites is 1. The molecule has 0 bridgehead atoms. The lowest BCUT2D eigenvalue weighted by Crippen LogP contribution is -2.32. The zero-order valence-electron chi connectivity index (χ0n) is 11.8. The van der Waals surface area contributed by atoms with Gasteiger partial charge in [0.2, 0.25) is 16.7 Å². The third kappa shape index (κ3) is 1.79. The summed E-state index contributed by atoms with van der Waals surface area (Å²) in [6, 6.07) is 22.6. The van der Waals surface area contributed by atoms with Gasteiger partial charge in [0.1, 0.15) is 11.5 Å². The van der Waals surface area contributed by atoms with E-state index < -0.39 is 0 Å². The minimum Gasteiger partial charge on any atom is -0.507 e. The minimum atomic E-state index is 0.201. The number of phenols is 2. The SMILES string of the molecule is Oc1cccc2c1cc1c(O)cccc1[n+]2-c1ccccc1. The highest BCUT2D eigenvalue weighted by Crippen LogP contribution is 2.30. The van der Waals surface area contributed by atoms with Gasteiger partial charge in [-0.15, -0.1) is 0 Å². The number of rotatable bonds is 1. The summed E-state index contributed by atoms with van der Waals surface area (Å²) in [4.78, 5) is 0. The van der Waals surface area contributed by atoms with E-state index in [0.717, 1.165) is 16.7 Å². The third-order valence-corrected chi connectivity index (χ3v) is 3.91. The molecule has 0 amide bonds. The second kappa shape index (κ2) is 4.74. The summed E-state index contributed by atoms with van der Waals surface area (Å²) in [6.45, 7) is 0. The lowest BCUT2D eigenvalue weighted by atomic mass is 10.1. The molecule has 0 atom stereocenters. The molecule has 0 aliphatic heterocycles. The molecule has 0 fully saturated rings. The Labute approximate surface area is 127 Å². The second-order valence-electron chi connectivity index (χ2n) is 5.24. The molecule has 0 unspecified atom stereocenters. The van der Waals surface area contributed by atoms with Crippen LogP contribution in [0.5, 0.6) is 11.5 Å². The predicted octanol–water partition coefficient (Wildman–Crippen LogP) is 3.68. The number of hydrogen-bond acceptors (Lipinski definition) is 2. The first kappa shape index (κ1) is 12.7. The van der Waals surface area contributed by atoms with Gasteiger partial charge in [-0.2, -0.15) is 4.57 Å². The fourth-order valence-corrected chi connectivity index (χ4v) is 2.90. The zero-order valence-corrected chi connectivity index (χ0v) is 11.8. The first-order chi connectivity index (χ1) is 10.8. The summed E-state index contributed by atoms with van der Waals surface area (Å²) in [5.74, 6) is 0.402. The quantitative estimate of drug-likeness (QED) is 0.414. The average molecular weight is 288 g/mol. The van der Waals surface area contributed by atoms with Crippen LogP contribution in [0.3, 0.4) is 0 Å². The molecule has 3 heteroatoms. The number of hydrogen-bond donors (Lipinski definition) is 2. The van der Waals surface area contributed by atoms with Gasteiger partial charge in [0.15, 0.2) is 0 Å². The molecular weight excluding hydrogens is 274 g/mol. The van der Waals surface area contributed by atoms with Crippen LogP contribution in [0.4, 0.5) is 0 Å². The minimum absolute atomic E-state index is 0.201. The Morgan fingerprint density at radius 2 is 1.14 bits per heavy atom. The molecule has 0 radical (unpaired) electrons. The maximum atomic E-state index is 10.2. The van der Waals surface area contributed by atoms with E-state index in [-0.39, 0.29) is 11.5 Å². The van der Waals surface area contributed by atoms with Crippen molar-refractivity contribution in [1.29, 1.82) is 0 Å². The number of benzene rings is 3. The molecule has 2 N–H and O–H groups in total. The summed E-state index contributed by atoms with van der Waals surface area (Å²) in [7, 11) is 0. The molecular formula is C19H14NO2+. The molecule has 3 aromatic carbocycles. The van der Waals surface area contributed by atoms with Crippen LogP contribution in [0.25, 0.3) is 27.5 Å². The van der Waals surface area contributed by atoms with Gasteiger partial charge < -0.3 is 10.2 Å². The van der Waals surface area contributed by atoms with Gasteiger partial charge in [-0.1, -0.05) is 30.3 Å². The van der Waals surface area contributed by atoms with E-state index in [9.17, 15) is 10.2 Å². The Morgan fingerprint density at radius 1 is 0.591 bits per heavy atom. The summed E-state index contributed by atoms with van der Waals surface area (Å²) >= 11 is 0. The molecule has 0 aliphatic carbocycles. The van der Waals surface area contributed by atoms with Crippen LogP contribution in [0.2, 0.25) is 0 Å². The third-order valence-electron chi connectivity index (χ3n) is 3.91. The number of aromatic hydroxyl groups is 2. The molecule has 0 aliphatic rings. The van der Waals surface area contributed by atoms with Crippen LogP contribution in [0.15, 0.2) is 72.8 Å². The first-order valence-corrected chi connectivity index (χ1v) is 7.09. The molecule has 0 spiro atoms. The summed E-state index contributed by atoms with van der Waals surface area (Å²) < 4.78 is 2.05. The van der Waals surface area contributed by atoms with Crippen molar-refractivity contribution in [3.05, 3.63) is 72.8 Å². The van der Waals surface area contributed by atoms with Crippen LogP contribution < -0.4 is 4.57 Å². The van der Waals surface area contributed by atoms with Gasteiger partial charge in [0, 0.05) is 24.3 Å². The van der Waals surface area contributed by atoms with Gasteiger partial charge in [0.25, 0.3) is 0 Å². The molecule has 1 aromatic heterocycles. The first-order valence-electron chi connectivity index (χ1n) is 7.09. The Morgan fingerprint density at radius 3 is 1.68 bits per heavy atom. The smallest absolute Gasteiger partial charge is 0.222 e. The molecule has 0 saturated heterocycles. The van der Waals surface area contributed by atoms with Crippen molar-refractivity contribution in [3.8, 4) is 17.2 Å². The highest BCUT2D eigenvalue weighted by Gasteiger charge is 2.20. The Balaban J connectivity index is 2.28. The van der Waals surface area contributed by atoms with Gasteiger partial charge in [-0.3, -0.25) is 0 Å². The van der Waals surface area contributed by atoms with Crippen LogP contribution >= 0.6 is 0 Å². The van der Waals surface area contributed by atoms with E-state index in [1.165, 1.54) is 0 Å². The van der Waals surface area contributed by atoms with E-state index in [4.69, 9.17) is 0 Å². The van der Waals surface area contributed by atoms with Crippen LogP contribution in [-0.4, -0.2) is 10.2 Å². The maximum absolute atomic E-state index is 10.2. The van der Waals surface area contributed by atoms with E-state index in [2.05, 4.69) is 0 Å². The number of aromatic nitrogens is 1. The van der Waals surface area contributed by atoms with Crippen molar-refractivity contribution in [2.24, 2.45) is 0 Å².